The summed E-state index contributed by atoms with van der Waals surface area (Å²) in [4.78, 5) is 0. The molecule has 0 aliphatic heterocycles. The van der Waals surface area contributed by atoms with Crippen LogP contribution in [0.5, 0.6) is 5.75 Å². The summed E-state index contributed by atoms with van der Waals surface area (Å²) in [6, 6.07) is 26.6. The number of ether oxygens (including phenoxy) is 2. The van der Waals surface area contributed by atoms with E-state index in [1.807, 2.05) is 30.3 Å². The van der Waals surface area contributed by atoms with Crippen molar-refractivity contribution in [1.29, 1.82) is 0 Å². The third kappa shape index (κ3) is 11.6. The van der Waals surface area contributed by atoms with Gasteiger partial charge in [0.25, 0.3) is 0 Å². The molecule has 0 heterocycles. The molecule has 2 atom stereocenters. The van der Waals surface area contributed by atoms with Gasteiger partial charge in [0, 0.05) is 18.8 Å². The normalized spacial score (nSPS) is 12.8. The predicted octanol–water partition coefficient (Wildman–Crippen LogP) is 11.1. The van der Waals surface area contributed by atoms with Crippen LogP contribution in [0.25, 0.3) is 0 Å². The molecule has 224 valence electrons. The maximum atomic E-state index is 11.3. The van der Waals surface area contributed by atoms with Crippen molar-refractivity contribution >= 4 is 0 Å². The second kappa shape index (κ2) is 20.3. The van der Waals surface area contributed by atoms with Gasteiger partial charge in [0.05, 0.1) is 0 Å². The zero-order valence-electron chi connectivity index (χ0n) is 25.7. The number of aromatic hydroxyl groups is 1. The summed E-state index contributed by atoms with van der Waals surface area (Å²) < 4.78 is 13.3. The van der Waals surface area contributed by atoms with Crippen molar-refractivity contribution in [2.75, 3.05) is 13.2 Å². The van der Waals surface area contributed by atoms with Crippen LogP contribution in [0.2, 0.25) is 0 Å². The van der Waals surface area contributed by atoms with Gasteiger partial charge < -0.3 is 14.6 Å². The smallest absolute Gasteiger partial charge is 0.122 e. The molecule has 0 aliphatic carbocycles. The Balaban J connectivity index is 1.78. The molecule has 0 spiro atoms. The van der Waals surface area contributed by atoms with Crippen molar-refractivity contribution in [3.05, 3.63) is 101 Å². The van der Waals surface area contributed by atoms with E-state index in [1.54, 1.807) is 6.07 Å². The summed E-state index contributed by atoms with van der Waals surface area (Å²) in [6.45, 7) is 5.87. The van der Waals surface area contributed by atoms with Gasteiger partial charge in [-0.25, -0.2) is 0 Å². The molecule has 3 rings (SSSR count). The van der Waals surface area contributed by atoms with Crippen LogP contribution in [0.15, 0.2) is 78.9 Å². The van der Waals surface area contributed by atoms with Crippen molar-refractivity contribution < 1.29 is 14.6 Å². The summed E-state index contributed by atoms with van der Waals surface area (Å²) in [7, 11) is 0. The quantitative estimate of drug-likeness (QED) is 0.125. The van der Waals surface area contributed by atoms with Crippen LogP contribution in [0.3, 0.4) is 0 Å². The molecule has 0 radical (unpaired) electrons. The molecule has 0 aliphatic rings. The van der Waals surface area contributed by atoms with E-state index in [9.17, 15) is 5.11 Å². The highest BCUT2D eigenvalue weighted by molar-refractivity contribution is 5.48. The first kappa shape index (κ1) is 32.9. The number of phenolic OH excluding ortho intramolecular Hbond substituents is 1. The average molecular weight is 559 g/mol. The summed E-state index contributed by atoms with van der Waals surface area (Å²) in [6.07, 6.45) is 16.8. The van der Waals surface area contributed by atoms with Crippen LogP contribution < -0.4 is 0 Å². The largest absolute Gasteiger partial charge is 0.508 e. The fourth-order valence-corrected chi connectivity index (χ4v) is 5.57. The molecule has 0 aromatic heterocycles. The molecule has 2 unspecified atom stereocenters. The van der Waals surface area contributed by atoms with Crippen molar-refractivity contribution in [2.45, 2.75) is 116 Å². The van der Waals surface area contributed by atoms with Crippen LogP contribution in [0, 0.1) is 0 Å². The Morgan fingerprint density at radius 1 is 0.488 bits per heavy atom. The van der Waals surface area contributed by atoms with Crippen LogP contribution >= 0.6 is 0 Å². The molecule has 41 heavy (non-hydrogen) atoms. The second-order valence-electron chi connectivity index (χ2n) is 11.3. The Kier molecular flexibility index (Phi) is 16.3. The fraction of sp³-hybridized carbons (Fsp3) is 0.526. The number of hydrogen-bond acceptors (Lipinski definition) is 3. The number of phenols is 1. The van der Waals surface area contributed by atoms with E-state index in [0.717, 1.165) is 35.1 Å². The van der Waals surface area contributed by atoms with Gasteiger partial charge >= 0.3 is 0 Å². The zero-order chi connectivity index (χ0) is 29.0. The lowest BCUT2D eigenvalue weighted by molar-refractivity contribution is 0.0603. The molecule has 1 N–H and O–H groups in total. The lowest BCUT2D eigenvalue weighted by Crippen LogP contribution is -2.15. The summed E-state index contributed by atoms with van der Waals surface area (Å²) in [5.41, 5.74) is 3.95. The topological polar surface area (TPSA) is 38.7 Å². The molecule has 0 fully saturated rings. The van der Waals surface area contributed by atoms with E-state index < -0.39 is 0 Å². The highest BCUT2D eigenvalue weighted by atomic mass is 16.5. The molecule has 0 saturated heterocycles. The van der Waals surface area contributed by atoms with Gasteiger partial charge in [-0.3, -0.25) is 0 Å². The third-order valence-electron chi connectivity index (χ3n) is 7.93. The number of rotatable bonds is 22. The summed E-state index contributed by atoms with van der Waals surface area (Å²) in [5, 5.41) is 11.3. The Morgan fingerprint density at radius 2 is 0.927 bits per heavy atom. The monoisotopic (exact) mass is 558 g/mol. The summed E-state index contributed by atoms with van der Waals surface area (Å²) in [5.74, 6) is 0.261. The Hall–Kier alpha value is -2.62. The molecular formula is C38H54O3. The first-order valence-electron chi connectivity index (χ1n) is 16.4. The lowest BCUT2D eigenvalue weighted by atomic mass is 9.90. The molecule has 3 aromatic carbocycles. The molecular weight excluding hydrogens is 504 g/mol. The van der Waals surface area contributed by atoms with E-state index in [4.69, 9.17) is 9.47 Å². The predicted molar refractivity (Wildman–Crippen MR) is 173 cm³/mol. The van der Waals surface area contributed by atoms with Crippen LogP contribution in [0.1, 0.15) is 138 Å². The van der Waals surface area contributed by atoms with E-state index in [0.29, 0.717) is 13.2 Å². The Morgan fingerprint density at radius 3 is 1.44 bits per heavy atom. The first-order chi connectivity index (χ1) is 20.3. The highest BCUT2D eigenvalue weighted by Gasteiger charge is 2.27. The van der Waals surface area contributed by atoms with Crippen molar-refractivity contribution in [1.82, 2.24) is 0 Å². The minimum atomic E-state index is -0.360. The van der Waals surface area contributed by atoms with E-state index in [-0.39, 0.29) is 18.0 Å². The van der Waals surface area contributed by atoms with Crippen molar-refractivity contribution in [2.24, 2.45) is 0 Å². The highest BCUT2D eigenvalue weighted by Crippen LogP contribution is 2.40. The van der Waals surface area contributed by atoms with Crippen molar-refractivity contribution in [3.8, 4) is 5.75 Å². The van der Waals surface area contributed by atoms with Gasteiger partial charge in [-0.05, 0) is 35.6 Å². The van der Waals surface area contributed by atoms with E-state index in [2.05, 4.69) is 56.3 Å². The van der Waals surface area contributed by atoms with Crippen molar-refractivity contribution in [3.63, 3.8) is 0 Å². The minimum absolute atomic E-state index is 0.261. The SMILES string of the molecule is CCCCCCCCCOC(c1ccccc1)c1cccc(O)c1C(OCCCCCCCCC)c1ccccc1. The van der Waals surface area contributed by atoms with Gasteiger partial charge in [-0.2, -0.15) is 0 Å². The molecule has 0 bridgehead atoms. The Labute approximate surface area is 250 Å². The summed E-state index contributed by atoms with van der Waals surface area (Å²) >= 11 is 0. The average Bonchev–Trinajstić information content (AvgIpc) is 3.01. The molecule has 3 aromatic rings. The van der Waals surface area contributed by atoms with Crippen LogP contribution in [-0.4, -0.2) is 18.3 Å². The van der Waals surface area contributed by atoms with Gasteiger partial charge in [-0.1, -0.05) is 164 Å². The van der Waals surface area contributed by atoms with Gasteiger partial charge in [0.2, 0.25) is 0 Å². The zero-order valence-corrected chi connectivity index (χ0v) is 25.7. The van der Waals surface area contributed by atoms with Gasteiger partial charge in [0.15, 0.2) is 0 Å². The van der Waals surface area contributed by atoms with Gasteiger partial charge in [0.1, 0.15) is 18.0 Å². The number of benzene rings is 3. The molecule has 0 saturated carbocycles. The first-order valence-corrected chi connectivity index (χ1v) is 16.4. The van der Waals surface area contributed by atoms with E-state index >= 15 is 0 Å². The fourth-order valence-electron chi connectivity index (χ4n) is 5.57. The minimum Gasteiger partial charge on any atom is -0.508 e. The molecule has 0 amide bonds. The number of hydrogen-bond donors (Lipinski definition) is 1. The van der Waals surface area contributed by atoms with E-state index in [1.165, 1.54) is 77.0 Å². The van der Waals surface area contributed by atoms with Crippen LogP contribution in [0.4, 0.5) is 0 Å². The standard InChI is InChI=1S/C38H54O3/c1-3-5-7-9-11-13-21-30-40-37(32-24-17-15-18-25-32)34-28-23-29-35(39)36(34)38(33-26-19-16-20-27-33)41-31-22-14-12-10-8-6-4-2/h15-20,23-29,37-39H,3-14,21-22,30-31H2,1-2H3. The van der Waals surface area contributed by atoms with Gasteiger partial charge in [-0.15, -0.1) is 0 Å². The molecule has 3 heteroatoms. The maximum Gasteiger partial charge on any atom is 0.122 e. The lowest BCUT2D eigenvalue weighted by Gasteiger charge is -2.27. The Bertz CT molecular complexity index is 1050. The maximum absolute atomic E-state index is 11.3. The third-order valence-corrected chi connectivity index (χ3v) is 7.93. The molecule has 3 nitrogen and oxygen atoms in total. The van der Waals surface area contributed by atoms with Crippen LogP contribution in [-0.2, 0) is 9.47 Å². The second-order valence-corrected chi connectivity index (χ2v) is 11.3. The number of unbranched alkanes of at least 4 members (excludes halogenated alkanes) is 12.